The van der Waals surface area contributed by atoms with Crippen LogP contribution < -0.4 is 9.64 Å². The van der Waals surface area contributed by atoms with Crippen molar-refractivity contribution < 1.29 is 9.53 Å². The van der Waals surface area contributed by atoms with Gasteiger partial charge in [-0.25, -0.2) is 0 Å². The number of carbonyl (C=O) groups is 1. The van der Waals surface area contributed by atoms with E-state index in [-0.39, 0.29) is 18.0 Å². The topological polar surface area (TPSA) is 75.6 Å². The van der Waals surface area contributed by atoms with Crippen molar-refractivity contribution in [3.05, 3.63) is 83.7 Å². The molecular weight excluding hydrogens is 450 g/mol. The number of nitriles is 1. The van der Waals surface area contributed by atoms with Gasteiger partial charge in [-0.05, 0) is 36.3 Å². The fourth-order valence-corrected chi connectivity index (χ4v) is 5.24. The molecule has 5 rings (SSSR count). The molecule has 1 unspecified atom stereocenters. The first-order valence-corrected chi connectivity index (χ1v) is 12.4. The van der Waals surface area contributed by atoms with E-state index in [0.717, 1.165) is 28.0 Å². The molecule has 0 bridgehead atoms. The lowest BCUT2D eigenvalue weighted by atomic mass is 9.98. The van der Waals surface area contributed by atoms with Crippen molar-refractivity contribution in [1.29, 1.82) is 5.26 Å². The molecule has 3 heterocycles. The summed E-state index contributed by atoms with van der Waals surface area (Å²) in [5.74, 6) is 1.05. The Hall–Kier alpha value is -4.02. The highest BCUT2D eigenvalue weighted by molar-refractivity contribution is 6.06. The van der Waals surface area contributed by atoms with E-state index in [9.17, 15) is 10.1 Å². The second-order valence-corrected chi connectivity index (χ2v) is 9.47. The molecule has 0 saturated carbocycles. The number of hydrogen-bond donors (Lipinski definition) is 1. The van der Waals surface area contributed by atoms with Gasteiger partial charge in [0.25, 0.3) is 5.91 Å². The molecule has 2 aromatic carbocycles. The smallest absolute Gasteiger partial charge is 0.256 e. The molecule has 0 spiro atoms. The maximum absolute atomic E-state index is 13.4. The lowest BCUT2D eigenvalue weighted by Gasteiger charge is -2.47. The Labute approximate surface area is 211 Å². The average Bonchev–Trinajstić information content (AvgIpc) is 3.36. The number of aromatic amines is 1. The first-order valence-electron chi connectivity index (χ1n) is 12.4. The van der Waals surface area contributed by atoms with E-state index >= 15 is 0 Å². The summed E-state index contributed by atoms with van der Waals surface area (Å²) in [5.41, 5.74) is 4.41. The number of para-hydroxylation sites is 3. The molecule has 36 heavy (non-hydrogen) atoms. The number of methoxy groups -OCH3 is 1. The van der Waals surface area contributed by atoms with Gasteiger partial charge in [0.1, 0.15) is 11.9 Å². The zero-order chi connectivity index (χ0) is 25.2. The van der Waals surface area contributed by atoms with E-state index in [1.807, 2.05) is 65.6 Å². The molecule has 2 aliphatic heterocycles. The minimum atomic E-state index is -0.265. The third-order valence-electron chi connectivity index (χ3n) is 7.07. The summed E-state index contributed by atoms with van der Waals surface area (Å²) >= 11 is 0. The van der Waals surface area contributed by atoms with E-state index in [1.54, 1.807) is 13.3 Å². The molecule has 1 saturated heterocycles. The third kappa shape index (κ3) is 4.14. The molecule has 1 atom stereocenters. The number of ether oxygens (including phenoxy) is 1. The first kappa shape index (κ1) is 23.7. The fraction of sp³-hybridized carbons (Fsp3) is 0.310. The Morgan fingerprint density at radius 1 is 1.06 bits per heavy atom. The molecule has 1 amide bonds. The zero-order valence-corrected chi connectivity index (χ0v) is 20.9. The molecule has 184 valence electrons. The average molecular weight is 482 g/mol. The van der Waals surface area contributed by atoms with E-state index in [0.29, 0.717) is 37.3 Å². The molecule has 2 aliphatic rings. The van der Waals surface area contributed by atoms with Crippen LogP contribution in [-0.4, -0.2) is 60.1 Å². The lowest BCUT2D eigenvalue weighted by molar-refractivity contribution is 0.0599. The Kier molecular flexibility index (Phi) is 6.53. The number of nitrogens with one attached hydrogen (secondary N) is 1. The van der Waals surface area contributed by atoms with Gasteiger partial charge in [-0.15, -0.1) is 0 Å². The summed E-state index contributed by atoms with van der Waals surface area (Å²) in [5, 5.41) is 11.0. The summed E-state index contributed by atoms with van der Waals surface area (Å²) in [7, 11) is 1.67. The number of benzene rings is 2. The number of rotatable bonds is 5. The molecule has 3 aromatic rings. The van der Waals surface area contributed by atoms with Gasteiger partial charge in [-0.3, -0.25) is 9.69 Å². The predicted octanol–water partition coefficient (Wildman–Crippen LogP) is 4.77. The van der Waals surface area contributed by atoms with Crippen LogP contribution in [0.2, 0.25) is 0 Å². The van der Waals surface area contributed by atoms with Gasteiger partial charge in [0.05, 0.1) is 30.0 Å². The number of H-pyrrole nitrogens is 1. The highest BCUT2D eigenvalue weighted by Crippen LogP contribution is 2.39. The van der Waals surface area contributed by atoms with E-state index < -0.39 is 0 Å². The number of amides is 1. The number of nitrogens with zero attached hydrogens (tertiary/aromatic N) is 4. The van der Waals surface area contributed by atoms with Crippen molar-refractivity contribution in [2.24, 2.45) is 5.92 Å². The standard InChI is InChI=1S/C29H31N5O2/c1-20(2)25-13-12-21(18-30)28(34(25)26-10-6-7-11-27(26)36-3)32-14-16-33(17-15-32)29(35)23-19-31-24-9-5-4-8-22(23)24/h4-13,19-20,28,31H,14-17H2,1-3H3. The Bertz CT molecular complexity index is 1370. The van der Waals surface area contributed by atoms with Gasteiger partial charge in [-0.1, -0.05) is 44.2 Å². The normalized spacial score (nSPS) is 18.7. The Morgan fingerprint density at radius 3 is 2.50 bits per heavy atom. The minimum Gasteiger partial charge on any atom is -0.495 e. The Balaban J connectivity index is 1.42. The summed E-state index contributed by atoms with van der Waals surface area (Å²) in [6.45, 7) is 6.83. The van der Waals surface area contributed by atoms with Crippen LogP contribution in [0.25, 0.3) is 10.9 Å². The minimum absolute atomic E-state index is 0.0381. The molecule has 0 aliphatic carbocycles. The van der Waals surface area contributed by atoms with Crippen molar-refractivity contribution >= 4 is 22.5 Å². The van der Waals surface area contributed by atoms with Gasteiger partial charge in [0.15, 0.2) is 0 Å². The quantitative estimate of drug-likeness (QED) is 0.568. The van der Waals surface area contributed by atoms with E-state index in [2.05, 4.69) is 34.7 Å². The zero-order valence-electron chi connectivity index (χ0n) is 20.9. The number of anilines is 1. The summed E-state index contributed by atoms with van der Waals surface area (Å²) in [6, 6.07) is 18.2. The Morgan fingerprint density at radius 2 is 1.78 bits per heavy atom. The molecule has 0 radical (unpaired) electrons. The van der Waals surface area contributed by atoms with Crippen molar-refractivity contribution in [3.63, 3.8) is 0 Å². The predicted molar refractivity (Wildman–Crippen MR) is 142 cm³/mol. The molecule has 1 fully saturated rings. The SMILES string of the molecule is COc1ccccc1N1C(C(C)C)=CC=C(C#N)C1N1CCN(C(=O)c2c[nH]c3ccccc23)CC1. The maximum Gasteiger partial charge on any atom is 0.256 e. The molecule has 7 nitrogen and oxygen atoms in total. The first-order chi connectivity index (χ1) is 17.5. The van der Waals surface area contributed by atoms with Gasteiger partial charge < -0.3 is 19.5 Å². The monoisotopic (exact) mass is 481 g/mol. The van der Waals surface area contributed by atoms with Crippen LogP contribution in [0.5, 0.6) is 5.75 Å². The number of fused-ring (bicyclic) bond motifs is 1. The maximum atomic E-state index is 13.4. The lowest BCUT2D eigenvalue weighted by Crippen LogP contribution is -2.58. The van der Waals surface area contributed by atoms with Crippen LogP contribution in [0.3, 0.4) is 0 Å². The van der Waals surface area contributed by atoms with E-state index in [1.165, 1.54) is 0 Å². The second kappa shape index (κ2) is 9.92. The number of aromatic nitrogens is 1. The van der Waals surface area contributed by atoms with Gasteiger partial charge in [0, 0.05) is 49.0 Å². The van der Waals surface area contributed by atoms with Crippen LogP contribution >= 0.6 is 0 Å². The second-order valence-electron chi connectivity index (χ2n) is 9.47. The van der Waals surface area contributed by atoms with Crippen LogP contribution in [0, 0.1) is 17.2 Å². The van der Waals surface area contributed by atoms with Crippen molar-refractivity contribution in [3.8, 4) is 11.8 Å². The molecule has 1 N–H and O–H groups in total. The largest absolute Gasteiger partial charge is 0.495 e. The van der Waals surface area contributed by atoms with E-state index in [4.69, 9.17) is 4.74 Å². The van der Waals surface area contributed by atoms with Crippen LogP contribution in [0.15, 0.2) is 78.1 Å². The summed E-state index contributed by atoms with van der Waals surface area (Å²) in [4.78, 5) is 23.0. The van der Waals surface area contributed by atoms with Gasteiger partial charge >= 0.3 is 0 Å². The highest BCUT2D eigenvalue weighted by Gasteiger charge is 2.37. The molecule has 1 aromatic heterocycles. The van der Waals surface area contributed by atoms with Crippen LogP contribution in [0.4, 0.5) is 5.69 Å². The number of allylic oxidation sites excluding steroid dienone is 3. The van der Waals surface area contributed by atoms with Crippen molar-refractivity contribution in [1.82, 2.24) is 14.8 Å². The number of piperazine rings is 1. The highest BCUT2D eigenvalue weighted by atomic mass is 16.5. The number of carbonyl (C=O) groups excluding carboxylic acids is 1. The van der Waals surface area contributed by atoms with Crippen molar-refractivity contribution in [2.45, 2.75) is 20.0 Å². The van der Waals surface area contributed by atoms with Gasteiger partial charge in [-0.2, -0.15) is 5.26 Å². The summed E-state index contributed by atoms with van der Waals surface area (Å²) < 4.78 is 5.71. The third-order valence-corrected chi connectivity index (χ3v) is 7.07. The van der Waals surface area contributed by atoms with Crippen LogP contribution in [0.1, 0.15) is 24.2 Å². The summed E-state index contributed by atoms with van der Waals surface area (Å²) in [6.07, 6.45) is 5.53. The van der Waals surface area contributed by atoms with Crippen molar-refractivity contribution in [2.75, 3.05) is 38.2 Å². The number of hydrogen-bond acceptors (Lipinski definition) is 5. The molecular formula is C29H31N5O2. The van der Waals surface area contributed by atoms with Crippen LogP contribution in [-0.2, 0) is 0 Å². The van der Waals surface area contributed by atoms with Gasteiger partial charge in [0.2, 0.25) is 0 Å². The fourth-order valence-electron chi connectivity index (χ4n) is 5.24. The molecule has 7 heteroatoms.